The van der Waals surface area contributed by atoms with Gasteiger partial charge in [0.15, 0.2) is 0 Å². The van der Waals surface area contributed by atoms with Gasteiger partial charge in [0.25, 0.3) is 11.7 Å². The Labute approximate surface area is 367 Å². The molecular formula is C48H71NO13. The predicted octanol–water partition coefficient (Wildman–Crippen LogP) is 5.61. The topological polar surface area (TPSA) is 199 Å². The number of phenolic OH excluding ortho intramolecular Hbond substituents is 1. The van der Waals surface area contributed by atoms with Crippen molar-refractivity contribution in [3.63, 3.8) is 0 Å². The maximum absolute atomic E-state index is 14.4. The lowest BCUT2D eigenvalue weighted by Crippen LogP contribution is -2.64. The number of ether oxygens (including phenoxy) is 5. The van der Waals surface area contributed by atoms with Crippen LogP contribution >= 0.6 is 0 Å². The second-order valence-corrected chi connectivity index (χ2v) is 18.5. The number of cyclic esters (lactones) is 1. The SMILES string of the molecule is CCC1C=C(C)CC(C)CC(OC)C2OC(O)(C(=O)C(=O)N3CCCCC3C(=O)OC(C(C)=CC3CCC(O)C(Oc4ccc(O)cc4)C3)C(C)C(O)CC1=O)C(C)CC2OC. The van der Waals surface area contributed by atoms with Crippen LogP contribution in [0.15, 0.2) is 47.6 Å². The maximum atomic E-state index is 14.4. The van der Waals surface area contributed by atoms with E-state index in [2.05, 4.69) is 0 Å². The van der Waals surface area contributed by atoms with Crippen LogP contribution < -0.4 is 4.74 Å². The van der Waals surface area contributed by atoms with Crippen LogP contribution in [0.3, 0.4) is 0 Å². The molecule has 2 bridgehead atoms. The van der Waals surface area contributed by atoms with Crippen LogP contribution in [0.4, 0.5) is 0 Å². The molecule has 4 N–H and O–H groups in total. The van der Waals surface area contributed by atoms with Crippen LogP contribution in [0, 0.1) is 29.6 Å². The first-order valence-corrected chi connectivity index (χ1v) is 22.6. The van der Waals surface area contributed by atoms with Crippen molar-refractivity contribution in [1.82, 2.24) is 4.90 Å². The number of aliphatic hydroxyl groups excluding tert-OH is 2. The Kier molecular flexibility index (Phi) is 17.4. The zero-order valence-corrected chi connectivity index (χ0v) is 37.9. The van der Waals surface area contributed by atoms with Gasteiger partial charge in [0.2, 0.25) is 5.79 Å². The van der Waals surface area contributed by atoms with Gasteiger partial charge in [-0.3, -0.25) is 14.4 Å². The molecule has 5 rings (SSSR count). The maximum Gasteiger partial charge on any atom is 0.329 e. The number of benzene rings is 1. The van der Waals surface area contributed by atoms with Gasteiger partial charge in [-0.2, -0.15) is 0 Å². The number of allylic oxidation sites excluding steroid dienone is 3. The average molecular weight is 870 g/mol. The van der Waals surface area contributed by atoms with Crippen molar-refractivity contribution in [3.05, 3.63) is 47.6 Å². The lowest BCUT2D eigenvalue weighted by Gasteiger charge is -2.47. The van der Waals surface area contributed by atoms with Crippen LogP contribution in [-0.4, -0.2) is 124 Å². The Balaban J connectivity index is 1.50. The van der Waals surface area contributed by atoms with E-state index in [9.17, 15) is 39.6 Å². The zero-order chi connectivity index (χ0) is 45.5. The molecule has 14 atom stereocenters. The highest BCUT2D eigenvalue weighted by Crippen LogP contribution is 2.39. The number of hydrogen-bond donors (Lipinski definition) is 4. The third-order valence-electron chi connectivity index (χ3n) is 13.7. The molecule has 346 valence electrons. The summed E-state index contributed by atoms with van der Waals surface area (Å²) in [5.74, 6) is -7.25. The van der Waals surface area contributed by atoms with Crippen LogP contribution in [0.1, 0.15) is 112 Å². The molecule has 3 heterocycles. The second kappa shape index (κ2) is 21.8. The number of ketones is 2. The van der Waals surface area contributed by atoms with Crippen molar-refractivity contribution in [2.24, 2.45) is 29.6 Å². The van der Waals surface area contributed by atoms with E-state index < -0.39 is 90.0 Å². The van der Waals surface area contributed by atoms with E-state index in [0.29, 0.717) is 62.7 Å². The van der Waals surface area contributed by atoms with E-state index in [1.165, 1.54) is 31.3 Å². The van der Waals surface area contributed by atoms with Crippen LogP contribution in [0.25, 0.3) is 0 Å². The smallest absolute Gasteiger partial charge is 0.329 e. The van der Waals surface area contributed by atoms with Crippen LogP contribution in [0.2, 0.25) is 0 Å². The molecule has 0 radical (unpaired) electrons. The molecule has 4 aliphatic rings. The summed E-state index contributed by atoms with van der Waals surface area (Å²) in [6.45, 7) is 11.2. The van der Waals surface area contributed by atoms with Gasteiger partial charge in [-0.05, 0) is 120 Å². The summed E-state index contributed by atoms with van der Waals surface area (Å²) in [6, 6.07) is 5.11. The number of methoxy groups -OCH3 is 2. The molecule has 1 aliphatic carbocycles. The number of fused-ring (bicyclic) bond motifs is 3. The number of rotatable bonds is 7. The van der Waals surface area contributed by atoms with Gasteiger partial charge in [-0.1, -0.05) is 45.4 Å². The number of nitrogens with zero attached hydrogens (tertiary/aromatic N) is 1. The van der Waals surface area contributed by atoms with E-state index in [4.69, 9.17) is 23.7 Å². The Morgan fingerprint density at radius 2 is 1.58 bits per heavy atom. The Bertz CT molecular complexity index is 1760. The Hall–Kier alpha value is -3.66. The van der Waals surface area contributed by atoms with Gasteiger partial charge in [0.1, 0.15) is 41.6 Å². The van der Waals surface area contributed by atoms with Gasteiger partial charge < -0.3 is 49.0 Å². The normalized spacial score (nSPS) is 37.7. The van der Waals surface area contributed by atoms with Crippen LogP contribution in [-0.2, 0) is 38.1 Å². The van der Waals surface area contributed by atoms with Gasteiger partial charge in [0, 0.05) is 44.9 Å². The highest BCUT2D eigenvalue weighted by Gasteiger charge is 2.56. The Morgan fingerprint density at radius 1 is 0.903 bits per heavy atom. The number of esters is 1. The standard InChI is InChI=1S/C48H71NO13/c1-9-33-21-27(2)20-28(3)22-41(58-7)44-42(59-8)24-30(5)48(57,62-44)45(54)46(55)49-19-11-10-12-36(49)47(56)61-43(31(6)38(52)26-39(33)53)29(4)23-32-13-18-37(51)40(25-32)60-35-16-14-34(50)15-17-35/h14-17,21,23,28,30-33,36-38,40-44,50-52,57H,9-13,18-20,22,24-26H2,1-8H3. The molecule has 14 heteroatoms. The summed E-state index contributed by atoms with van der Waals surface area (Å²) >= 11 is 0. The molecular weight excluding hydrogens is 799 g/mol. The minimum atomic E-state index is -2.52. The fraction of sp³-hybridized carbons (Fsp3) is 0.708. The lowest BCUT2D eigenvalue weighted by molar-refractivity contribution is -0.302. The molecule has 1 saturated carbocycles. The first kappa shape index (κ1) is 49.4. The largest absolute Gasteiger partial charge is 0.508 e. The van der Waals surface area contributed by atoms with Gasteiger partial charge >= 0.3 is 5.97 Å². The number of carbonyl (C=O) groups excluding carboxylic acids is 4. The van der Waals surface area contributed by atoms with Crippen LogP contribution in [0.5, 0.6) is 11.5 Å². The first-order chi connectivity index (χ1) is 29.4. The summed E-state index contributed by atoms with van der Waals surface area (Å²) in [7, 11) is 3.05. The molecule has 14 unspecified atom stereocenters. The monoisotopic (exact) mass is 869 g/mol. The number of phenols is 1. The van der Waals surface area contributed by atoms with Crippen molar-refractivity contribution in [1.29, 1.82) is 0 Å². The second-order valence-electron chi connectivity index (χ2n) is 18.5. The highest BCUT2D eigenvalue weighted by atomic mass is 16.7. The quantitative estimate of drug-likeness (QED) is 0.150. The lowest BCUT2D eigenvalue weighted by atomic mass is 9.81. The summed E-state index contributed by atoms with van der Waals surface area (Å²) in [5, 5.41) is 44.5. The van der Waals surface area contributed by atoms with Gasteiger partial charge in [0.05, 0.1) is 24.4 Å². The number of hydrogen-bond acceptors (Lipinski definition) is 13. The van der Waals surface area contributed by atoms with Gasteiger partial charge in [-0.25, -0.2) is 4.79 Å². The first-order valence-electron chi connectivity index (χ1n) is 22.6. The molecule has 0 aromatic heterocycles. The number of amides is 1. The molecule has 1 aromatic carbocycles. The fourth-order valence-electron chi connectivity index (χ4n) is 9.96. The van der Waals surface area contributed by atoms with E-state index in [-0.39, 0.29) is 49.2 Å². The highest BCUT2D eigenvalue weighted by molar-refractivity contribution is 6.39. The van der Waals surface area contributed by atoms with Crippen molar-refractivity contribution in [2.75, 3.05) is 20.8 Å². The van der Waals surface area contributed by atoms with Crippen molar-refractivity contribution < 1.29 is 63.3 Å². The Morgan fingerprint density at radius 3 is 2.24 bits per heavy atom. The third kappa shape index (κ3) is 11.7. The van der Waals surface area contributed by atoms with E-state index in [1.54, 1.807) is 32.9 Å². The molecule has 14 nitrogen and oxygen atoms in total. The molecule has 1 aromatic rings. The van der Waals surface area contributed by atoms with Crippen molar-refractivity contribution in [3.8, 4) is 11.5 Å². The number of Topliss-reactive ketones (excluding diaryl/α,β-unsaturated/α-hetero) is 2. The summed E-state index contributed by atoms with van der Waals surface area (Å²) in [4.78, 5) is 58.1. The molecule has 2 saturated heterocycles. The molecule has 1 amide bonds. The number of aromatic hydroxyl groups is 1. The summed E-state index contributed by atoms with van der Waals surface area (Å²) in [6.07, 6.45) is 2.72. The molecule has 3 fully saturated rings. The number of aliphatic hydroxyl groups is 3. The third-order valence-corrected chi connectivity index (χ3v) is 13.7. The number of carbonyl (C=O) groups is 4. The van der Waals surface area contributed by atoms with Crippen molar-refractivity contribution in [2.45, 2.75) is 167 Å². The van der Waals surface area contributed by atoms with E-state index in [1.807, 2.05) is 32.9 Å². The fourth-order valence-corrected chi connectivity index (χ4v) is 9.96. The average Bonchev–Trinajstić information content (AvgIpc) is 3.25. The number of piperidine rings is 1. The summed E-state index contributed by atoms with van der Waals surface area (Å²) < 4.78 is 30.4. The zero-order valence-electron chi connectivity index (χ0n) is 37.9. The van der Waals surface area contributed by atoms with Gasteiger partial charge in [-0.15, -0.1) is 0 Å². The van der Waals surface area contributed by atoms with E-state index >= 15 is 0 Å². The minimum absolute atomic E-state index is 0.0179. The minimum Gasteiger partial charge on any atom is -0.508 e. The predicted molar refractivity (Wildman–Crippen MR) is 230 cm³/mol. The summed E-state index contributed by atoms with van der Waals surface area (Å²) in [5.41, 5.74) is 1.60. The molecule has 3 aliphatic heterocycles. The molecule has 0 spiro atoms. The van der Waals surface area contributed by atoms with E-state index in [0.717, 1.165) is 5.57 Å². The van der Waals surface area contributed by atoms with Crippen molar-refractivity contribution >= 4 is 23.4 Å². The molecule has 62 heavy (non-hydrogen) atoms.